The van der Waals surface area contributed by atoms with Crippen molar-refractivity contribution in [1.82, 2.24) is 24.6 Å². The van der Waals surface area contributed by atoms with Crippen molar-refractivity contribution in [2.75, 3.05) is 25.0 Å². The molecule has 3 heterocycles. The molecule has 1 aliphatic heterocycles. The molecule has 0 spiro atoms. The van der Waals surface area contributed by atoms with E-state index in [4.69, 9.17) is 0 Å². The van der Waals surface area contributed by atoms with Gasteiger partial charge in [-0.3, -0.25) is 9.69 Å². The lowest BCUT2D eigenvalue weighted by atomic mass is 9.97. The van der Waals surface area contributed by atoms with Crippen molar-refractivity contribution in [3.8, 4) is 0 Å². The van der Waals surface area contributed by atoms with Gasteiger partial charge < -0.3 is 5.32 Å². The van der Waals surface area contributed by atoms with Crippen LogP contribution in [0.3, 0.4) is 0 Å². The van der Waals surface area contributed by atoms with E-state index in [1.54, 1.807) is 11.0 Å². The van der Waals surface area contributed by atoms with Crippen molar-refractivity contribution >= 4 is 5.82 Å². The van der Waals surface area contributed by atoms with Gasteiger partial charge in [-0.05, 0) is 57.6 Å². The number of likely N-dealkylation sites (tertiary alicyclic amines) is 1. The lowest BCUT2D eigenvalue weighted by molar-refractivity contribution is 0.147. The molecule has 2 aromatic heterocycles. The molecule has 4 rings (SSSR count). The molecule has 0 amide bonds. The molecule has 2 aromatic rings. The molecule has 1 atom stereocenters. The molecule has 1 aliphatic carbocycles. The molecule has 1 saturated heterocycles. The second kappa shape index (κ2) is 8.82. The maximum absolute atomic E-state index is 12.4. The number of rotatable bonds is 6. The third-order valence-corrected chi connectivity index (χ3v) is 5.94. The molecule has 0 aromatic carbocycles. The van der Waals surface area contributed by atoms with Gasteiger partial charge in [-0.1, -0.05) is 6.42 Å². The van der Waals surface area contributed by atoms with E-state index in [0.717, 1.165) is 55.2 Å². The molecular weight excluding hydrogens is 352 g/mol. The van der Waals surface area contributed by atoms with E-state index in [2.05, 4.69) is 25.3 Å². The van der Waals surface area contributed by atoms with Crippen LogP contribution in [0.2, 0.25) is 0 Å². The van der Waals surface area contributed by atoms with Crippen molar-refractivity contribution in [2.45, 2.75) is 64.5 Å². The van der Waals surface area contributed by atoms with Crippen molar-refractivity contribution in [2.24, 2.45) is 0 Å². The highest BCUT2D eigenvalue weighted by atomic mass is 16.1. The summed E-state index contributed by atoms with van der Waals surface area (Å²) < 4.78 is 1.68. The molecule has 0 radical (unpaired) electrons. The first-order chi connectivity index (χ1) is 13.7. The highest BCUT2D eigenvalue weighted by molar-refractivity contribution is 5.34. The summed E-state index contributed by atoms with van der Waals surface area (Å²) >= 11 is 0. The van der Waals surface area contributed by atoms with Gasteiger partial charge in [0, 0.05) is 37.0 Å². The largest absolute Gasteiger partial charge is 0.368 e. The number of fused-ring (bicyclic) bond motifs is 1. The van der Waals surface area contributed by atoms with Gasteiger partial charge in [-0.2, -0.15) is 5.10 Å². The van der Waals surface area contributed by atoms with Crippen molar-refractivity contribution in [1.29, 1.82) is 0 Å². The minimum atomic E-state index is 0.0452. The summed E-state index contributed by atoms with van der Waals surface area (Å²) in [6.07, 6.45) is 9.60. The quantitative estimate of drug-likeness (QED) is 0.825. The SMILES string of the molecule is Cc1cc(NCC2CCCCN2CCn2nc3c(cc2=O)CCCC3)ncn1. The second-order valence-electron chi connectivity index (χ2n) is 8.00. The van der Waals surface area contributed by atoms with E-state index in [9.17, 15) is 4.79 Å². The molecule has 7 nitrogen and oxygen atoms in total. The zero-order chi connectivity index (χ0) is 19.3. The van der Waals surface area contributed by atoms with Gasteiger partial charge in [0.25, 0.3) is 5.56 Å². The first-order valence-corrected chi connectivity index (χ1v) is 10.6. The van der Waals surface area contributed by atoms with Crippen LogP contribution in [0.5, 0.6) is 0 Å². The molecule has 1 N–H and O–H groups in total. The van der Waals surface area contributed by atoms with Gasteiger partial charge in [0.1, 0.15) is 12.1 Å². The van der Waals surface area contributed by atoms with Crippen LogP contribution in [0.15, 0.2) is 23.3 Å². The molecule has 28 heavy (non-hydrogen) atoms. The number of piperidine rings is 1. The third kappa shape index (κ3) is 4.58. The number of nitrogens with zero attached hydrogens (tertiary/aromatic N) is 5. The van der Waals surface area contributed by atoms with Crippen LogP contribution in [-0.4, -0.2) is 50.3 Å². The fraction of sp³-hybridized carbons (Fsp3) is 0.619. The number of hydrogen-bond donors (Lipinski definition) is 1. The zero-order valence-corrected chi connectivity index (χ0v) is 16.7. The predicted molar refractivity (Wildman–Crippen MR) is 110 cm³/mol. The lowest BCUT2D eigenvalue weighted by Crippen LogP contribution is -2.45. The Morgan fingerprint density at radius 2 is 2.00 bits per heavy atom. The molecule has 0 saturated carbocycles. The summed E-state index contributed by atoms with van der Waals surface area (Å²) in [6, 6.07) is 4.25. The Morgan fingerprint density at radius 1 is 1.11 bits per heavy atom. The van der Waals surface area contributed by atoms with Crippen LogP contribution in [0, 0.1) is 6.92 Å². The van der Waals surface area contributed by atoms with Crippen LogP contribution in [0.1, 0.15) is 49.1 Å². The standard InChI is InChI=1S/C21H30N6O/c1-16-12-20(24-15-23-16)22-14-18-7-4-5-9-26(18)10-11-27-21(28)13-17-6-2-3-8-19(17)25-27/h12-13,15,18H,2-11,14H2,1H3,(H,22,23,24). The summed E-state index contributed by atoms with van der Waals surface area (Å²) in [7, 11) is 0. The first kappa shape index (κ1) is 19.1. The Morgan fingerprint density at radius 3 is 2.89 bits per heavy atom. The fourth-order valence-corrected chi connectivity index (χ4v) is 4.34. The highest BCUT2D eigenvalue weighted by Gasteiger charge is 2.22. The van der Waals surface area contributed by atoms with Gasteiger partial charge in [0.2, 0.25) is 0 Å². The molecule has 7 heteroatoms. The number of hydrogen-bond acceptors (Lipinski definition) is 6. The monoisotopic (exact) mass is 382 g/mol. The number of anilines is 1. The molecule has 2 aliphatic rings. The maximum atomic E-state index is 12.4. The van der Waals surface area contributed by atoms with Crippen molar-refractivity contribution in [3.05, 3.63) is 45.8 Å². The minimum Gasteiger partial charge on any atom is -0.368 e. The highest BCUT2D eigenvalue weighted by Crippen LogP contribution is 2.19. The Hall–Kier alpha value is -2.28. The molecule has 1 unspecified atom stereocenters. The smallest absolute Gasteiger partial charge is 0.267 e. The number of aromatic nitrogens is 4. The summed E-state index contributed by atoms with van der Waals surface area (Å²) in [5.74, 6) is 0.880. The summed E-state index contributed by atoms with van der Waals surface area (Å²) in [5.41, 5.74) is 3.30. The van der Waals surface area contributed by atoms with Crippen molar-refractivity contribution in [3.63, 3.8) is 0 Å². The van der Waals surface area contributed by atoms with Crippen LogP contribution < -0.4 is 10.9 Å². The Labute approximate surface area is 166 Å². The third-order valence-electron chi connectivity index (χ3n) is 5.94. The van der Waals surface area contributed by atoms with Crippen LogP contribution in [0.4, 0.5) is 5.82 Å². The van der Waals surface area contributed by atoms with Crippen LogP contribution in [0.25, 0.3) is 0 Å². The van der Waals surface area contributed by atoms with E-state index in [-0.39, 0.29) is 5.56 Å². The average molecular weight is 383 g/mol. The predicted octanol–water partition coefficient (Wildman–Crippen LogP) is 2.19. The van der Waals surface area contributed by atoms with E-state index < -0.39 is 0 Å². The Kier molecular flexibility index (Phi) is 6.00. The number of nitrogens with one attached hydrogen (secondary N) is 1. The normalized spacial score (nSPS) is 20.0. The first-order valence-electron chi connectivity index (χ1n) is 10.6. The summed E-state index contributed by atoms with van der Waals surface area (Å²) in [5, 5.41) is 8.13. The zero-order valence-electron chi connectivity index (χ0n) is 16.7. The molecular formula is C21H30N6O. The number of aryl methyl sites for hydroxylation is 3. The van der Waals surface area contributed by atoms with Crippen molar-refractivity contribution < 1.29 is 0 Å². The van der Waals surface area contributed by atoms with E-state index in [0.29, 0.717) is 12.6 Å². The minimum absolute atomic E-state index is 0.0452. The second-order valence-corrected chi connectivity index (χ2v) is 8.00. The van der Waals surface area contributed by atoms with Gasteiger partial charge in [0.05, 0.1) is 12.2 Å². The molecule has 0 bridgehead atoms. The fourth-order valence-electron chi connectivity index (χ4n) is 4.34. The van der Waals surface area contributed by atoms with E-state index in [1.165, 1.54) is 32.1 Å². The van der Waals surface area contributed by atoms with Gasteiger partial charge in [-0.15, -0.1) is 0 Å². The van der Waals surface area contributed by atoms with Gasteiger partial charge in [0.15, 0.2) is 0 Å². The van der Waals surface area contributed by atoms with E-state index in [1.807, 2.05) is 19.1 Å². The van der Waals surface area contributed by atoms with Crippen LogP contribution in [-0.2, 0) is 19.4 Å². The average Bonchev–Trinajstić information content (AvgIpc) is 2.71. The van der Waals surface area contributed by atoms with Gasteiger partial charge >= 0.3 is 0 Å². The topological polar surface area (TPSA) is 75.9 Å². The molecule has 1 fully saturated rings. The van der Waals surface area contributed by atoms with Crippen LogP contribution >= 0.6 is 0 Å². The Balaban J connectivity index is 1.38. The maximum Gasteiger partial charge on any atom is 0.267 e. The summed E-state index contributed by atoms with van der Waals surface area (Å²) in [4.78, 5) is 23.4. The Bertz CT molecular complexity index is 864. The molecule has 150 valence electrons. The summed E-state index contributed by atoms with van der Waals surface area (Å²) in [6.45, 7) is 5.44. The lowest BCUT2D eigenvalue weighted by Gasteiger charge is -2.36. The van der Waals surface area contributed by atoms with E-state index >= 15 is 0 Å². The van der Waals surface area contributed by atoms with Gasteiger partial charge in [-0.25, -0.2) is 14.6 Å².